The molecule has 0 aliphatic carbocycles. The molecule has 0 aliphatic rings. The van der Waals surface area contributed by atoms with E-state index in [2.05, 4.69) is 26.1 Å². The van der Waals surface area contributed by atoms with Crippen LogP contribution in [0.5, 0.6) is 0 Å². The summed E-state index contributed by atoms with van der Waals surface area (Å²) in [7, 11) is 0. The Morgan fingerprint density at radius 2 is 2.04 bits per heavy atom. The zero-order valence-electron chi connectivity index (χ0n) is 14.8. The zero-order valence-corrected chi connectivity index (χ0v) is 14.8. The molecule has 0 radical (unpaired) electrons. The van der Waals surface area contributed by atoms with Gasteiger partial charge in [-0.1, -0.05) is 12.0 Å². The molecule has 0 fully saturated rings. The summed E-state index contributed by atoms with van der Waals surface area (Å²) in [4.78, 5) is 11.2. The molecule has 0 bridgehead atoms. The highest BCUT2D eigenvalue weighted by Gasteiger charge is 2.13. The maximum Gasteiger partial charge on any atom is 0.150 e. The van der Waals surface area contributed by atoms with E-state index in [1.165, 1.54) is 6.07 Å². The number of halogens is 1. The van der Waals surface area contributed by atoms with E-state index in [1.807, 2.05) is 6.92 Å². The molecule has 1 aromatic carbocycles. The van der Waals surface area contributed by atoms with E-state index in [9.17, 15) is 9.65 Å². The Bertz CT molecular complexity index is 1050. The molecule has 1 atom stereocenters. The first-order valence-electron chi connectivity index (χ1n) is 8.57. The molecule has 0 N–H and O–H groups in total. The van der Waals surface area contributed by atoms with Gasteiger partial charge in [0.1, 0.15) is 11.3 Å². The number of rotatable bonds is 6. The van der Waals surface area contributed by atoms with Crippen molar-refractivity contribution in [2.24, 2.45) is 11.0 Å². The van der Waals surface area contributed by atoms with Crippen molar-refractivity contribution in [3.05, 3.63) is 70.2 Å². The van der Waals surface area contributed by atoms with Crippen LogP contribution in [0.3, 0.4) is 0 Å². The van der Waals surface area contributed by atoms with E-state index >= 15 is 0 Å². The smallest absolute Gasteiger partial charge is 0.150 e. The van der Waals surface area contributed by atoms with Gasteiger partial charge in [0.2, 0.25) is 0 Å². The van der Waals surface area contributed by atoms with Crippen LogP contribution in [-0.2, 0) is 6.42 Å². The van der Waals surface area contributed by atoms with Crippen molar-refractivity contribution in [3.8, 4) is 17.2 Å². The third kappa shape index (κ3) is 4.20. The highest BCUT2D eigenvalue weighted by Crippen LogP contribution is 2.28. The number of azide groups is 1. The highest BCUT2D eigenvalue weighted by molar-refractivity contribution is 5.89. The standard InChI is InChI=1S/C20H17FN6/c1-13(12-25-27-23)2-3-17-8-16(11-22)18-9-15(10-19(21)20(18)26-17)14-4-6-24-7-5-14/h4-10,13H,2-3,12H2,1H3. The molecule has 3 aromatic rings. The van der Waals surface area contributed by atoms with E-state index < -0.39 is 5.82 Å². The second kappa shape index (κ2) is 8.26. The van der Waals surface area contributed by atoms with Gasteiger partial charge in [0.15, 0.2) is 0 Å². The van der Waals surface area contributed by atoms with E-state index in [1.54, 1.807) is 36.7 Å². The van der Waals surface area contributed by atoms with Gasteiger partial charge in [0, 0.05) is 34.9 Å². The minimum absolute atomic E-state index is 0.183. The van der Waals surface area contributed by atoms with Crippen molar-refractivity contribution in [2.45, 2.75) is 19.8 Å². The summed E-state index contributed by atoms with van der Waals surface area (Å²) >= 11 is 0. The van der Waals surface area contributed by atoms with Gasteiger partial charge in [0.25, 0.3) is 0 Å². The normalized spacial score (nSPS) is 11.6. The van der Waals surface area contributed by atoms with Crippen LogP contribution in [0.4, 0.5) is 4.39 Å². The molecule has 1 unspecified atom stereocenters. The van der Waals surface area contributed by atoms with Gasteiger partial charge in [-0.05, 0) is 65.7 Å². The maximum atomic E-state index is 14.8. The van der Waals surface area contributed by atoms with Gasteiger partial charge in [0.05, 0.1) is 11.6 Å². The minimum Gasteiger partial charge on any atom is -0.265 e. The Balaban J connectivity index is 1.98. The fourth-order valence-corrected chi connectivity index (χ4v) is 2.93. The van der Waals surface area contributed by atoms with Gasteiger partial charge in [-0.25, -0.2) is 9.37 Å². The average Bonchev–Trinajstić information content (AvgIpc) is 2.71. The number of hydrogen-bond donors (Lipinski definition) is 0. The minimum atomic E-state index is -0.459. The average molecular weight is 360 g/mol. The van der Waals surface area contributed by atoms with E-state index in [0.29, 0.717) is 35.2 Å². The Labute approximate surface area is 155 Å². The summed E-state index contributed by atoms with van der Waals surface area (Å²) in [6, 6.07) is 10.7. The van der Waals surface area contributed by atoms with Crippen LogP contribution in [-0.4, -0.2) is 16.5 Å². The van der Waals surface area contributed by atoms with Gasteiger partial charge < -0.3 is 0 Å². The Kier molecular flexibility index (Phi) is 5.60. The predicted octanol–water partition coefficient (Wildman–Crippen LogP) is 5.19. The molecule has 0 aliphatic heterocycles. The number of fused-ring (bicyclic) bond motifs is 1. The molecule has 0 saturated carbocycles. The first kappa shape index (κ1) is 18.3. The quantitative estimate of drug-likeness (QED) is 0.344. The fourth-order valence-electron chi connectivity index (χ4n) is 2.93. The third-order valence-electron chi connectivity index (χ3n) is 4.40. The van der Waals surface area contributed by atoms with Crippen LogP contribution in [0.1, 0.15) is 24.6 Å². The number of nitrogens with zero attached hydrogens (tertiary/aromatic N) is 6. The number of hydrogen-bond acceptors (Lipinski definition) is 4. The number of pyridine rings is 2. The van der Waals surface area contributed by atoms with Gasteiger partial charge in [-0.15, -0.1) is 0 Å². The Morgan fingerprint density at radius 3 is 2.74 bits per heavy atom. The molecule has 6 nitrogen and oxygen atoms in total. The van der Waals surface area contributed by atoms with Crippen molar-refractivity contribution >= 4 is 10.9 Å². The maximum absolute atomic E-state index is 14.8. The number of aryl methyl sites for hydroxylation is 1. The molecule has 2 aromatic heterocycles. The van der Waals surface area contributed by atoms with Crippen LogP contribution in [0.25, 0.3) is 32.5 Å². The Morgan fingerprint density at radius 1 is 1.26 bits per heavy atom. The van der Waals surface area contributed by atoms with Gasteiger partial charge in [-0.3, -0.25) is 4.98 Å². The predicted molar refractivity (Wildman–Crippen MR) is 101 cm³/mol. The van der Waals surface area contributed by atoms with Crippen LogP contribution in [0, 0.1) is 23.1 Å². The monoisotopic (exact) mass is 360 g/mol. The lowest BCUT2D eigenvalue weighted by Crippen LogP contribution is -2.03. The molecule has 0 spiro atoms. The summed E-state index contributed by atoms with van der Waals surface area (Å²) in [5.41, 5.74) is 11.1. The molecule has 2 heterocycles. The van der Waals surface area contributed by atoms with Crippen LogP contribution in [0.2, 0.25) is 0 Å². The largest absolute Gasteiger partial charge is 0.265 e. The zero-order chi connectivity index (χ0) is 19.2. The van der Waals surface area contributed by atoms with E-state index in [-0.39, 0.29) is 11.4 Å². The van der Waals surface area contributed by atoms with Crippen molar-refractivity contribution in [2.75, 3.05) is 6.54 Å². The number of benzene rings is 1. The van der Waals surface area contributed by atoms with E-state index in [4.69, 9.17) is 5.53 Å². The molecule has 0 saturated heterocycles. The molecular formula is C20H17FN6. The molecule has 7 heteroatoms. The molecular weight excluding hydrogens is 343 g/mol. The van der Waals surface area contributed by atoms with E-state index in [0.717, 1.165) is 12.0 Å². The lowest BCUT2D eigenvalue weighted by atomic mass is 9.99. The Hall–Kier alpha value is -3.49. The number of aromatic nitrogens is 2. The summed E-state index contributed by atoms with van der Waals surface area (Å²) in [6.45, 7) is 2.38. The topological polar surface area (TPSA) is 98.3 Å². The molecule has 3 rings (SSSR count). The number of nitriles is 1. The fraction of sp³-hybridized carbons (Fsp3) is 0.250. The second-order valence-electron chi connectivity index (χ2n) is 6.42. The summed E-state index contributed by atoms with van der Waals surface area (Å²) < 4.78 is 14.8. The van der Waals surface area contributed by atoms with Crippen LogP contribution < -0.4 is 0 Å². The van der Waals surface area contributed by atoms with Crippen molar-refractivity contribution in [1.82, 2.24) is 9.97 Å². The molecule has 134 valence electrons. The first-order valence-corrected chi connectivity index (χ1v) is 8.57. The first-order chi connectivity index (χ1) is 13.1. The SMILES string of the molecule is CC(CCc1cc(C#N)c2cc(-c3ccncc3)cc(F)c2n1)CN=[N+]=[N-]. The summed E-state index contributed by atoms with van der Waals surface area (Å²) in [5.74, 6) is -0.275. The summed E-state index contributed by atoms with van der Waals surface area (Å²) in [6.07, 6.45) is 4.60. The molecule has 27 heavy (non-hydrogen) atoms. The van der Waals surface area contributed by atoms with Crippen molar-refractivity contribution in [1.29, 1.82) is 5.26 Å². The van der Waals surface area contributed by atoms with Crippen LogP contribution in [0.15, 0.2) is 47.8 Å². The summed E-state index contributed by atoms with van der Waals surface area (Å²) in [5, 5.41) is 13.6. The third-order valence-corrected chi connectivity index (χ3v) is 4.40. The van der Waals surface area contributed by atoms with Crippen molar-refractivity contribution in [3.63, 3.8) is 0 Å². The molecule has 0 amide bonds. The van der Waals surface area contributed by atoms with Crippen LogP contribution >= 0.6 is 0 Å². The van der Waals surface area contributed by atoms with Crippen molar-refractivity contribution < 1.29 is 4.39 Å². The second-order valence-corrected chi connectivity index (χ2v) is 6.42. The lowest BCUT2D eigenvalue weighted by molar-refractivity contribution is 0.540. The highest BCUT2D eigenvalue weighted by atomic mass is 19.1. The van der Waals surface area contributed by atoms with Gasteiger partial charge in [-0.2, -0.15) is 5.26 Å². The van der Waals surface area contributed by atoms with Gasteiger partial charge >= 0.3 is 0 Å². The lowest BCUT2D eigenvalue weighted by Gasteiger charge is -2.11.